The number of ketones is 1. The maximum atomic E-state index is 11.5. The molecule has 0 spiro atoms. The highest BCUT2D eigenvalue weighted by atomic mass is 32.4. The first-order valence-corrected chi connectivity index (χ1v) is 9.35. The van der Waals surface area contributed by atoms with Gasteiger partial charge >= 0.3 is 0 Å². The van der Waals surface area contributed by atoms with Crippen molar-refractivity contribution in [2.75, 3.05) is 6.61 Å². The molecule has 19 heavy (non-hydrogen) atoms. The summed E-state index contributed by atoms with van der Waals surface area (Å²) in [6, 6.07) is 9.99. The molecule has 0 saturated heterocycles. The van der Waals surface area contributed by atoms with Crippen LogP contribution in [-0.2, 0) is 21.1 Å². The number of carbonyl (C=O) groups is 1. The molecule has 106 valence electrons. The van der Waals surface area contributed by atoms with Crippen LogP contribution in [0.15, 0.2) is 30.3 Å². The molecule has 0 aliphatic carbocycles. The van der Waals surface area contributed by atoms with Gasteiger partial charge in [0.15, 0.2) is 0 Å². The Morgan fingerprint density at radius 3 is 2.37 bits per heavy atom. The molecule has 0 aromatic heterocycles. The highest BCUT2D eigenvalue weighted by Crippen LogP contribution is 2.59. The van der Waals surface area contributed by atoms with E-state index in [0.29, 0.717) is 13.0 Å². The smallest absolute Gasteiger partial charge is 0.130 e. The molecule has 0 heterocycles. The predicted octanol–water partition coefficient (Wildman–Crippen LogP) is 3.89. The van der Waals surface area contributed by atoms with E-state index in [1.165, 1.54) is 0 Å². The van der Waals surface area contributed by atoms with Crippen LogP contribution in [0.1, 0.15) is 40.5 Å². The van der Waals surface area contributed by atoms with Crippen molar-refractivity contribution in [1.82, 2.24) is 0 Å². The molecular formula is C15H23O2PS. The van der Waals surface area contributed by atoms with Gasteiger partial charge in [-0.1, -0.05) is 62.9 Å². The van der Waals surface area contributed by atoms with Crippen LogP contribution in [0.3, 0.4) is 0 Å². The monoisotopic (exact) mass is 298 g/mol. The van der Waals surface area contributed by atoms with Crippen LogP contribution in [-0.4, -0.2) is 17.5 Å². The van der Waals surface area contributed by atoms with Gasteiger partial charge in [-0.25, -0.2) is 0 Å². The first-order valence-electron chi connectivity index (χ1n) is 6.63. The first kappa shape index (κ1) is 16.6. The van der Waals surface area contributed by atoms with E-state index < -0.39 is 6.26 Å². The van der Waals surface area contributed by atoms with E-state index in [2.05, 4.69) is 20.8 Å². The van der Waals surface area contributed by atoms with Gasteiger partial charge < -0.3 is 4.52 Å². The molecule has 1 unspecified atom stereocenters. The van der Waals surface area contributed by atoms with Gasteiger partial charge in [0, 0.05) is 16.9 Å². The molecule has 0 saturated carbocycles. The largest absolute Gasteiger partial charge is 0.346 e. The highest BCUT2D eigenvalue weighted by molar-refractivity contribution is 8.16. The van der Waals surface area contributed by atoms with Gasteiger partial charge in [0.1, 0.15) is 12.0 Å². The highest BCUT2D eigenvalue weighted by Gasteiger charge is 2.39. The van der Waals surface area contributed by atoms with E-state index in [1.807, 2.05) is 30.3 Å². The summed E-state index contributed by atoms with van der Waals surface area (Å²) in [7, 11) is 0. The lowest BCUT2D eigenvalue weighted by Crippen LogP contribution is -2.30. The number of carbonyl (C=O) groups excluding carboxylic acids is 1. The van der Waals surface area contributed by atoms with Crippen molar-refractivity contribution in [2.45, 2.75) is 45.7 Å². The number of hydrogen-bond acceptors (Lipinski definition) is 3. The summed E-state index contributed by atoms with van der Waals surface area (Å²) in [5.74, 6) is 0.162. The summed E-state index contributed by atoms with van der Waals surface area (Å²) in [5, 5.41) is 0.745. The molecule has 1 atom stereocenters. The molecule has 1 aromatic carbocycles. The Morgan fingerprint density at radius 1 is 1.32 bits per heavy atom. The van der Waals surface area contributed by atoms with Gasteiger partial charge in [-0.05, 0) is 13.3 Å². The van der Waals surface area contributed by atoms with Crippen LogP contribution in [0.2, 0.25) is 0 Å². The summed E-state index contributed by atoms with van der Waals surface area (Å²) in [5.41, 5.74) is 0. The third kappa shape index (κ3) is 3.98. The summed E-state index contributed by atoms with van der Waals surface area (Å²) < 4.78 is 6.10. The molecule has 0 aliphatic heterocycles. The SMILES string of the molecule is CCCOP(=S)(c1ccccc1)C(C)(C)CC(C)=O. The van der Waals surface area contributed by atoms with Crippen LogP contribution in [0.25, 0.3) is 0 Å². The van der Waals surface area contributed by atoms with Gasteiger partial charge in [-0.3, -0.25) is 4.79 Å². The maximum absolute atomic E-state index is 11.5. The zero-order valence-corrected chi connectivity index (χ0v) is 13.9. The third-order valence-corrected chi connectivity index (χ3v) is 8.76. The topological polar surface area (TPSA) is 26.3 Å². The number of hydrogen-bond donors (Lipinski definition) is 0. The Hall–Kier alpha value is -0.500. The van der Waals surface area contributed by atoms with Crippen LogP contribution in [0.5, 0.6) is 0 Å². The number of benzene rings is 1. The lowest BCUT2D eigenvalue weighted by atomic mass is 10.1. The second-order valence-electron chi connectivity index (χ2n) is 5.41. The summed E-state index contributed by atoms with van der Waals surface area (Å²) in [6.07, 6.45) is -0.839. The van der Waals surface area contributed by atoms with Crippen molar-refractivity contribution < 1.29 is 9.32 Å². The maximum Gasteiger partial charge on any atom is 0.130 e. The van der Waals surface area contributed by atoms with E-state index in [9.17, 15) is 4.79 Å². The molecule has 0 amide bonds. The molecule has 2 nitrogen and oxygen atoms in total. The van der Waals surface area contributed by atoms with E-state index >= 15 is 0 Å². The molecule has 1 aromatic rings. The molecule has 4 heteroatoms. The van der Waals surface area contributed by atoms with Crippen molar-refractivity contribution in [3.8, 4) is 0 Å². The van der Waals surface area contributed by atoms with Gasteiger partial charge in [0.05, 0.1) is 6.61 Å². The molecule has 0 fully saturated rings. The van der Waals surface area contributed by atoms with Crippen molar-refractivity contribution in [3.05, 3.63) is 30.3 Å². The minimum Gasteiger partial charge on any atom is -0.346 e. The van der Waals surface area contributed by atoms with Crippen LogP contribution >= 0.6 is 6.26 Å². The van der Waals surface area contributed by atoms with E-state index in [0.717, 1.165) is 11.7 Å². The number of Topliss-reactive ketones (excluding diaryl/α,β-unsaturated/α-hetero) is 1. The second kappa shape index (κ2) is 6.78. The van der Waals surface area contributed by atoms with Crippen LogP contribution in [0, 0.1) is 0 Å². The Bertz CT molecular complexity index is 468. The van der Waals surface area contributed by atoms with E-state index in [1.54, 1.807) is 6.92 Å². The second-order valence-corrected chi connectivity index (χ2v) is 10.0. The molecule has 0 N–H and O–H groups in total. The molecule has 0 bridgehead atoms. The minimum absolute atomic E-state index is 0.162. The summed E-state index contributed by atoms with van der Waals surface area (Å²) in [6.45, 7) is 8.44. The van der Waals surface area contributed by atoms with Gasteiger partial charge in [0.2, 0.25) is 0 Å². The van der Waals surface area contributed by atoms with Crippen LogP contribution < -0.4 is 5.30 Å². The zero-order valence-electron chi connectivity index (χ0n) is 12.2. The molecular weight excluding hydrogens is 275 g/mol. The lowest BCUT2D eigenvalue weighted by Gasteiger charge is -2.37. The summed E-state index contributed by atoms with van der Waals surface area (Å²) in [4.78, 5) is 11.5. The fraction of sp³-hybridized carbons (Fsp3) is 0.533. The van der Waals surface area contributed by atoms with Crippen molar-refractivity contribution in [3.63, 3.8) is 0 Å². The Labute approximate surface area is 121 Å². The van der Waals surface area contributed by atoms with Gasteiger partial charge in [-0.15, -0.1) is 0 Å². The minimum atomic E-state index is -2.23. The van der Waals surface area contributed by atoms with E-state index in [-0.39, 0.29) is 10.9 Å². The molecule has 0 radical (unpaired) electrons. The molecule has 1 rings (SSSR count). The van der Waals surface area contributed by atoms with Gasteiger partial charge in [0.25, 0.3) is 0 Å². The standard InChI is InChI=1S/C15H23O2PS/c1-5-11-17-18(19,14-9-7-6-8-10-14)15(3,4)12-13(2)16/h6-10H,5,11-12H2,1-4H3. The zero-order chi connectivity index (χ0) is 14.5. The predicted molar refractivity (Wildman–Crippen MR) is 86.0 cm³/mol. The van der Waals surface area contributed by atoms with Crippen LogP contribution in [0.4, 0.5) is 0 Å². The van der Waals surface area contributed by atoms with Crippen molar-refractivity contribution >= 4 is 29.2 Å². The quantitative estimate of drug-likeness (QED) is 0.714. The Kier molecular flexibility index (Phi) is 5.91. The molecule has 0 aliphatic rings. The normalized spacial score (nSPS) is 14.9. The van der Waals surface area contributed by atoms with Crippen molar-refractivity contribution in [2.24, 2.45) is 0 Å². The Balaban J connectivity index is 3.20. The van der Waals surface area contributed by atoms with E-state index in [4.69, 9.17) is 16.3 Å². The first-order chi connectivity index (χ1) is 8.83. The third-order valence-electron chi connectivity index (χ3n) is 3.05. The average Bonchev–Trinajstić information content (AvgIpc) is 2.35. The average molecular weight is 298 g/mol. The number of rotatable bonds is 7. The Morgan fingerprint density at radius 2 is 1.89 bits per heavy atom. The summed E-state index contributed by atoms with van der Waals surface area (Å²) >= 11 is 5.92. The van der Waals surface area contributed by atoms with Crippen molar-refractivity contribution in [1.29, 1.82) is 0 Å². The van der Waals surface area contributed by atoms with Gasteiger partial charge in [-0.2, -0.15) is 0 Å². The fourth-order valence-corrected chi connectivity index (χ4v) is 5.57. The fourth-order valence-electron chi connectivity index (χ4n) is 2.16. The lowest BCUT2D eigenvalue weighted by molar-refractivity contribution is -0.117.